The summed E-state index contributed by atoms with van der Waals surface area (Å²) >= 11 is 0. The highest BCUT2D eigenvalue weighted by Crippen LogP contribution is 2.30. The van der Waals surface area contributed by atoms with E-state index < -0.39 is 0 Å². The topological polar surface area (TPSA) is 89.0 Å². The molecule has 0 aliphatic carbocycles. The molecule has 0 atom stereocenters. The van der Waals surface area contributed by atoms with Crippen molar-refractivity contribution >= 4 is 22.1 Å². The largest absolute Gasteiger partial charge is 0.508 e. The molecule has 150 valence electrons. The summed E-state index contributed by atoms with van der Waals surface area (Å²) in [6.45, 7) is 5.58. The number of aryl methyl sites for hydroxylation is 2. The quantitative estimate of drug-likeness (QED) is 0.462. The van der Waals surface area contributed by atoms with E-state index in [0.29, 0.717) is 0 Å². The Hall–Kier alpha value is -3.87. The summed E-state index contributed by atoms with van der Waals surface area (Å²) in [5.74, 6) is 1.88. The van der Waals surface area contributed by atoms with Crippen LogP contribution in [0.25, 0.3) is 45.1 Å². The van der Waals surface area contributed by atoms with Gasteiger partial charge in [0.15, 0.2) is 11.6 Å². The average Bonchev–Trinajstić information content (AvgIpc) is 3.30. The van der Waals surface area contributed by atoms with Crippen LogP contribution >= 0.6 is 0 Å². The Morgan fingerprint density at radius 3 is 1.57 bits per heavy atom. The zero-order chi connectivity index (χ0) is 20.8. The zero-order valence-corrected chi connectivity index (χ0v) is 16.7. The van der Waals surface area contributed by atoms with E-state index in [1.165, 1.54) is 0 Å². The van der Waals surface area contributed by atoms with E-state index in [9.17, 15) is 10.2 Å². The van der Waals surface area contributed by atoms with Crippen molar-refractivity contribution in [2.45, 2.75) is 26.9 Å². The SMILES string of the molecule is CCn1c(-c2cccc(-c3nc4cc(O)ccc4n3CC)n2)nc2cc(O)ccc21. The molecule has 30 heavy (non-hydrogen) atoms. The Balaban J connectivity index is 1.69. The fourth-order valence-electron chi connectivity index (χ4n) is 3.95. The number of fused-ring (bicyclic) bond motifs is 2. The number of hydrogen-bond donors (Lipinski definition) is 2. The number of phenols is 2. The van der Waals surface area contributed by atoms with Crippen LogP contribution in [0, 0.1) is 0 Å². The van der Waals surface area contributed by atoms with Crippen LogP contribution in [0.4, 0.5) is 0 Å². The van der Waals surface area contributed by atoms with Crippen LogP contribution < -0.4 is 0 Å². The molecule has 5 rings (SSSR count). The third-order valence-electron chi connectivity index (χ3n) is 5.30. The Morgan fingerprint density at radius 1 is 0.667 bits per heavy atom. The van der Waals surface area contributed by atoms with Crippen molar-refractivity contribution in [2.75, 3.05) is 0 Å². The smallest absolute Gasteiger partial charge is 0.159 e. The molecule has 0 amide bonds. The Bertz CT molecular complexity index is 1300. The predicted octanol–water partition coefficient (Wildman–Crippen LogP) is 4.57. The second-order valence-electron chi connectivity index (χ2n) is 7.11. The van der Waals surface area contributed by atoms with Crippen molar-refractivity contribution in [1.82, 2.24) is 24.1 Å². The van der Waals surface area contributed by atoms with Gasteiger partial charge in [0, 0.05) is 25.2 Å². The van der Waals surface area contributed by atoms with Gasteiger partial charge in [-0.15, -0.1) is 0 Å². The highest BCUT2D eigenvalue weighted by molar-refractivity contribution is 5.83. The van der Waals surface area contributed by atoms with Crippen molar-refractivity contribution in [3.8, 4) is 34.5 Å². The molecule has 5 aromatic rings. The predicted molar refractivity (Wildman–Crippen MR) is 116 cm³/mol. The minimum Gasteiger partial charge on any atom is -0.508 e. The van der Waals surface area contributed by atoms with Gasteiger partial charge in [-0.05, 0) is 50.2 Å². The molecule has 0 aliphatic rings. The summed E-state index contributed by atoms with van der Waals surface area (Å²) in [7, 11) is 0. The summed E-state index contributed by atoms with van der Waals surface area (Å²) in [5.41, 5.74) is 4.85. The lowest BCUT2D eigenvalue weighted by Gasteiger charge is -2.09. The first-order valence-electron chi connectivity index (χ1n) is 9.95. The maximum atomic E-state index is 9.82. The van der Waals surface area contributed by atoms with Crippen LogP contribution in [0.3, 0.4) is 0 Å². The molecule has 0 spiro atoms. The van der Waals surface area contributed by atoms with Gasteiger partial charge < -0.3 is 19.3 Å². The van der Waals surface area contributed by atoms with E-state index in [0.717, 1.165) is 58.2 Å². The standard InChI is InChI=1S/C23H21N5O2/c1-3-27-20-10-8-14(29)12-18(20)25-22(27)16-6-5-7-17(24-16)23-26-19-13-15(30)9-11-21(19)28(23)4-2/h5-13,29-30H,3-4H2,1-2H3. The van der Waals surface area contributed by atoms with Crippen molar-refractivity contribution in [3.05, 3.63) is 54.6 Å². The first-order chi connectivity index (χ1) is 14.6. The number of benzene rings is 2. The molecule has 2 aromatic carbocycles. The average molecular weight is 399 g/mol. The van der Waals surface area contributed by atoms with Gasteiger partial charge in [-0.1, -0.05) is 6.07 Å². The monoisotopic (exact) mass is 399 g/mol. The van der Waals surface area contributed by atoms with E-state index >= 15 is 0 Å². The molecule has 7 heteroatoms. The minimum absolute atomic E-state index is 0.191. The molecule has 0 bridgehead atoms. The van der Waals surface area contributed by atoms with Crippen molar-refractivity contribution in [1.29, 1.82) is 0 Å². The van der Waals surface area contributed by atoms with Gasteiger partial charge in [-0.2, -0.15) is 0 Å². The van der Waals surface area contributed by atoms with E-state index in [1.54, 1.807) is 24.3 Å². The molecular weight excluding hydrogens is 378 g/mol. The Morgan fingerprint density at radius 2 is 1.13 bits per heavy atom. The summed E-state index contributed by atoms with van der Waals surface area (Å²) in [4.78, 5) is 14.3. The Labute approximate surface area is 172 Å². The van der Waals surface area contributed by atoms with Crippen molar-refractivity contribution in [2.24, 2.45) is 0 Å². The normalized spacial score (nSPS) is 11.5. The van der Waals surface area contributed by atoms with Crippen LogP contribution in [0.15, 0.2) is 54.6 Å². The molecule has 3 heterocycles. The van der Waals surface area contributed by atoms with Crippen LogP contribution in [-0.4, -0.2) is 34.3 Å². The fraction of sp³-hybridized carbons (Fsp3) is 0.174. The minimum atomic E-state index is 0.191. The summed E-state index contributed by atoms with van der Waals surface area (Å²) in [6.07, 6.45) is 0. The summed E-state index contributed by atoms with van der Waals surface area (Å²) in [6, 6.07) is 16.2. The fourth-order valence-corrected chi connectivity index (χ4v) is 3.95. The maximum absolute atomic E-state index is 9.82. The lowest BCUT2D eigenvalue weighted by atomic mass is 10.2. The van der Waals surface area contributed by atoms with Crippen LogP contribution in [0.5, 0.6) is 11.5 Å². The van der Waals surface area contributed by atoms with Crippen molar-refractivity contribution < 1.29 is 10.2 Å². The van der Waals surface area contributed by atoms with E-state index in [-0.39, 0.29) is 11.5 Å². The second-order valence-corrected chi connectivity index (χ2v) is 7.11. The lowest BCUT2D eigenvalue weighted by Crippen LogP contribution is -2.02. The number of rotatable bonds is 4. The number of aromatic nitrogens is 5. The van der Waals surface area contributed by atoms with Gasteiger partial charge in [0.25, 0.3) is 0 Å². The number of phenolic OH excluding ortho intramolecular Hbond substituents is 2. The highest BCUT2D eigenvalue weighted by Gasteiger charge is 2.17. The molecule has 0 radical (unpaired) electrons. The molecular formula is C23H21N5O2. The van der Waals surface area contributed by atoms with Gasteiger partial charge in [-0.25, -0.2) is 15.0 Å². The molecule has 0 saturated heterocycles. The van der Waals surface area contributed by atoms with Gasteiger partial charge in [0.1, 0.15) is 22.9 Å². The molecule has 0 aliphatic heterocycles. The van der Waals surface area contributed by atoms with E-state index in [2.05, 4.69) is 23.0 Å². The molecule has 0 fully saturated rings. The van der Waals surface area contributed by atoms with E-state index in [4.69, 9.17) is 15.0 Å². The first kappa shape index (κ1) is 18.2. The second kappa shape index (κ2) is 6.88. The van der Waals surface area contributed by atoms with Gasteiger partial charge >= 0.3 is 0 Å². The van der Waals surface area contributed by atoms with Gasteiger partial charge in [-0.3, -0.25) is 0 Å². The molecule has 2 N–H and O–H groups in total. The third kappa shape index (κ3) is 2.78. The van der Waals surface area contributed by atoms with Crippen LogP contribution in [0.2, 0.25) is 0 Å². The number of hydrogen-bond acceptors (Lipinski definition) is 5. The lowest BCUT2D eigenvalue weighted by molar-refractivity contribution is 0.475. The maximum Gasteiger partial charge on any atom is 0.159 e. The van der Waals surface area contributed by atoms with Gasteiger partial charge in [0.2, 0.25) is 0 Å². The highest BCUT2D eigenvalue weighted by atomic mass is 16.3. The van der Waals surface area contributed by atoms with E-state index in [1.807, 2.05) is 30.3 Å². The van der Waals surface area contributed by atoms with Gasteiger partial charge in [0.05, 0.1) is 22.1 Å². The third-order valence-corrected chi connectivity index (χ3v) is 5.30. The zero-order valence-electron chi connectivity index (χ0n) is 16.7. The number of pyridine rings is 1. The molecule has 7 nitrogen and oxygen atoms in total. The van der Waals surface area contributed by atoms with Crippen molar-refractivity contribution in [3.63, 3.8) is 0 Å². The number of aromatic hydroxyl groups is 2. The van der Waals surface area contributed by atoms with Crippen LogP contribution in [-0.2, 0) is 13.1 Å². The number of imidazole rings is 2. The Kier molecular flexibility index (Phi) is 4.17. The molecule has 3 aromatic heterocycles. The first-order valence-corrected chi connectivity index (χ1v) is 9.95. The summed E-state index contributed by atoms with van der Waals surface area (Å²) < 4.78 is 4.17. The molecule has 0 unspecified atom stereocenters. The molecule has 0 saturated carbocycles. The summed E-state index contributed by atoms with van der Waals surface area (Å²) in [5, 5.41) is 19.6. The van der Waals surface area contributed by atoms with Crippen LogP contribution in [0.1, 0.15) is 13.8 Å². The number of nitrogens with zero attached hydrogens (tertiary/aromatic N) is 5.